The third kappa shape index (κ3) is 4.79. The average molecular weight is 381 g/mol. The molecule has 0 fully saturated rings. The van der Waals surface area contributed by atoms with Crippen LogP contribution in [0.25, 0.3) is 0 Å². The lowest BCUT2D eigenvalue weighted by atomic mass is 10.2. The van der Waals surface area contributed by atoms with Gasteiger partial charge in [-0.05, 0) is 24.3 Å². The monoisotopic (exact) mass is 381 g/mol. The molecule has 0 saturated carbocycles. The Kier molecular flexibility index (Phi) is 5.98. The summed E-state index contributed by atoms with van der Waals surface area (Å²) in [5.41, 5.74) is -1.36. The third-order valence-corrected chi connectivity index (χ3v) is 3.22. The quantitative estimate of drug-likeness (QED) is 0.668. The second-order valence-corrected chi connectivity index (χ2v) is 5.23. The van der Waals surface area contributed by atoms with Crippen molar-refractivity contribution in [3.8, 4) is 11.5 Å². The first-order valence-electron chi connectivity index (χ1n) is 7.18. The van der Waals surface area contributed by atoms with Crippen LogP contribution in [0, 0.1) is 17.5 Å². The molecule has 2 aromatic rings. The molecule has 0 saturated heterocycles. The highest BCUT2D eigenvalue weighted by molar-refractivity contribution is 5.48. The average Bonchev–Trinajstić information content (AvgIpc) is 2.56. The van der Waals surface area contributed by atoms with Gasteiger partial charge < -0.3 is 20.3 Å². The molecule has 2 aromatic carbocycles. The zero-order valence-corrected chi connectivity index (χ0v) is 12.9. The molecule has 0 bridgehead atoms. The number of alkyl halides is 3. The van der Waals surface area contributed by atoms with Crippen molar-refractivity contribution in [3.05, 3.63) is 53.3 Å². The van der Waals surface area contributed by atoms with E-state index in [0.717, 1.165) is 12.1 Å². The number of anilines is 1. The number of aliphatic hydroxyl groups excluding tert-OH is 2. The normalized spacial score (nSPS) is 12.8. The van der Waals surface area contributed by atoms with Crippen LogP contribution in [0.15, 0.2) is 30.3 Å². The molecule has 10 heteroatoms. The summed E-state index contributed by atoms with van der Waals surface area (Å²) in [6.45, 7) is -0.596. The molecular weight excluding hydrogens is 368 g/mol. The molecule has 2 rings (SSSR count). The van der Waals surface area contributed by atoms with Gasteiger partial charge in [-0.2, -0.15) is 13.2 Å². The van der Waals surface area contributed by atoms with Crippen molar-refractivity contribution in [1.29, 1.82) is 0 Å². The number of rotatable bonds is 6. The first-order chi connectivity index (χ1) is 12.1. The second-order valence-electron chi connectivity index (χ2n) is 5.23. The summed E-state index contributed by atoms with van der Waals surface area (Å²) in [4.78, 5) is 0. The smallest absolute Gasteiger partial charge is 0.416 e. The molecule has 0 aromatic heterocycles. The van der Waals surface area contributed by atoms with Crippen LogP contribution in [0.3, 0.4) is 0 Å². The van der Waals surface area contributed by atoms with Gasteiger partial charge in [-0.25, -0.2) is 13.2 Å². The summed E-state index contributed by atoms with van der Waals surface area (Å²) >= 11 is 0. The van der Waals surface area contributed by atoms with Crippen molar-refractivity contribution < 1.29 is 41.3 Å². The highest BCUT2D eigenvalue weighted by Gasteiger charge is 2.33. The second kappa shape index (κ2) is 7.83. The van der Waals surface area contributed by atoms with E-state index in [0.29, 0.717) is 0 Å². The van der Waals surface area contributed by atoms with E-state index < -0.39 is 53.4 Å². The predicted octanol–water partition coefficient (Wildman–Crippen LogP) is 3.68. The van der Waals surface area contributed by atoms with E-state index in [-0.39, 0.29) is 24.4 Å². The van der Waals surface area contributed by atoms with Gasteiger partial charge in [-0.15, -0.1) is 0 Å². The molecule has 0 aliphatic heterocycles. The van der Waals surface area contributed by atoms with Crippen molar-refractivity contribution in [3.63, 3.8) is 0 Å². The van der Waals surface area contributed by atoms with Crippen molar-refractivity contribution in [2.75, 3.05) is 18.5 Å². The minimum Gasteiger partial charge on any atom is -0.448 e. The van der Waals surface area contributed by atoms with Gasteiger partial charge >= 0.3 is 6.18 Å². The molecule has 0 radical (unpaired) electrons. The van der Waals surface area contributed by atoms with Crippen LogP contribution in [0.2, 0.25) is 0 Å². The van der Waals surface area contributed by atoms with E-state index in [2.05, 4.69) is 5.32 Å². The molecule has 26 heavy (non-hydrogen) atoms. The van der Waals surface area contributed by atoms with Gasteiger partial charge in [0.15, 0.2) is 29.0 Å². The van der Waals surface area contributed by atoms with Gasteiger partial charge in [-0.1, -0.05) is 0 Å². The van der Waals surface area contributed by atoms with Crippen molar-refractivity contribution in [2.45, 2.75) is 12.3 Å². The largest absolute Gasteiger partial charge is 0.448 e. The van der Waals surface area contributed by atoms with Crippen LogP contribution >= 0.6 is 0 Å². The molecule has 4 nitrogen and oxygen atoms in total. The fourth-order valence-electron chi connectivity index (χ4n) is 1.92. The third-order valence-electron chi connectivity index (χ3n) is 3.22. The van der Waals surface area contributed by atoms with E-state index in [1.807, 2.05) is 0 Å². The fraction of sp³-hybridized carbons (Fsp3) is 0.250. The molecule has 0 amide bonds. The Morgan fingerprint density at radius 1 is 1.00 bits per heavy atom. The van der Waals surface area contributed by atoms with Crippen LogP contribution in [0.5, 0.6) is 11.5 Å². The zero-order valence-electron chi connectivity index (χ0n) is 12.9. The van der Waals surface area contributed by atoms with Gasteiger partial charge in [0.2, 0.25) is 0 Å². The molecule has 0 aliphatic rings. The highest BCUT2D eigenvalue weighted by Crippen LogP contribution is 2.36. The summed E-state index contributed by atoms with van der Waals surface area (Å²) in [5.74, 6) is -6.11. The van der Waals surface area contributed by atoms with Crippen molar-refractivity contribution >= 4 is 5.69 Å². The standard InChI is InChI=1S/C16H13F6NO3/c17-11-5-9(23-6-10(25)7-24)1-2-14(11)26-15-12(18)3-8(4-13(15)19)16(20,21)22/h1-5,10,23-25H,6-7H2. The minimum absolute atomic E-state index is 0.0442. The Hall–Kier alpha value is -2.46. The van der Waals surface area contributed by atoms with Gasteiger partial charge in [-0.3, -0.25) is 0 Å². The number of hydrogen-bond donors (Lipinski definition) is 3. The molecular formula is C16H13F6NO3. The maximum absolute atomic E-state index is 14.0. The highest BCUT2D eigenvalue weighted by atomic mass is 19.4. The molecule has 3 N–H and O–H groups in total. The minimum atomic E-state index is -4.95. The molecule has 0 heterocycles. The Morgan fingerprint density at radius 3 is 2.12 bits per heavy atom. The van der Waals surface area contributed by atoms with Crippen molar-refractivity contribution in [1.82, 2.24) is 0 Å². The first kappa shape index (κ1) is 19.9. The number of aliphatic hydroxyl groups is 2. The fourth-order valence-corrected chi connectivity index (χ4v) is 1.92. The number of hydrogen-bond acceptors (Lipinski definition) is 4. The van der Waals surface area contributed by atoms with Crippen LogP contribution in [0.4, 0.5) is 32.0 Å². The first-order valence-corrected chi connectivity index (χ1v) is 7.18. The number of ether oxygens (including phenoxy) is 1. The van der Waals surface area contributed by atoms with Crippen LogP contribution in [-0.4, -0.2) is 29.5 Å². The van der Waals surface area contributed by atoms with Crippen LogP contribution in [0.1, 0.15) is 5.56 Å². The van der Waals surface area contributed by atoms with Gasteiger partial charge in [0, 0.05) is 18.3 Å². The van der Waals surface area contributed by atoms with Gasteiger partial charge in [0.1, 0.15) is 0 Å². The lowest BCUT2D eigenvalue weighted by Gasteiger charge is -2.14. The van der Waals surface area contributed by atoms with Gasteiger partial charge in [0.05, 0.1) is 18.3 Å². The Morgan fingerprint density at radius 2 is 1.62 bits per heavy atom. The van der Waals surface area contributed by atoms with E-state index >= 15 is 0 Å². The lowest BCUT2D eigenvalue weighted by molar-refractivity contribution is -0.138. The zero-order chi connectivity index (χ0) is 19.5. The molecule has 1 unspecified atom stereocenters. The maximum Gasteiger partial charge on any atom is 0.416 e. The predicted molar refractivity (Wildman–Crippen MR) is 79.4 cm³/mol. The van der Waals surface area contributed by atoms with E-state index in [4.69, 9.17) is 9.84 Å². The van der Waals surface area contributed by atoms with Crippen LogP contribution in [-0.2, 0) is 6.18 Å². The number of benzene rings is 2. The SMILES string of the molecule is OCC(O)CNc1ccc(Oc2c(F)cc(C(F)(F)F)cc2F)c(F)c1. The molecule has 142 valence electrons. The summed E-state index contributed by atoms with van der Waals surface area (Å²) in [7, 11) is 0. The Labute approximate surface area is 143 Å². The van der Waals surface area contributed by atoms with Crippen LogP contribution < -0.4 is 10.1 Å². The lowest BCUT2D eigenvalue weighted by Crippen LogP contribution is -2.22. The molecule has 0 spiro atoms. The van der Waals surface area contributed by atoms with Crippen molar-refractivity contribution in [2.24, 2.45) is 0 Å². The maximum atomic E-state index is 14.0. The van der Waals surface area contributed by atoms with Gasteiger partial charge in [0.25, 0.3) is 0 Å². The summed E-state index contributed by atoms with van der Waals surface area (Å²) in [6.07, 6.45) is -6.03. The molecule has 1 atom stereocenters. The number of halogens is 6. The topological polar surface area (TPSA) is 61.7 Å². The molecule has 0 aliphatic carbocycles. The van der Waals surface area contributed by atoms with E-state index in [1.54, 1.807) is 0 Å². The summed E-state index contributed by atoms with van der Waals surface area (Å²) in [5, 5.41) is 20.5. The Bertz CT molecular complexity index is 758. The number of nitrogens with one attached hydrogen (secondary N) is 1. The van der Waals surface area contributed by atoms with E-state index in [1.165, 1.54) is 6.07 Å². The Balaban J connectivity index is 2.21. The van der Waals surface area contributed by atoms with E-state index in [9.17, 15) is 31.4 Å². The summed E-state index contributed by atoms with van der Waals surface area (Å²) < 4.78 is 83.7. The summed E-state index contributed by atoms with van der Waals surface area (Å²) in [6, 6.07) is 3.23.